The topological polar surface area (TPSA) is 81.7 Å². The number of benzene rings is 2. The standard InChI is InChI=1S/C27H36F3NO5SSi/c1-17(2)38(18(3)4,19(5)6)14-13-20-11-10-12-21-15-22(31-25(32)35-26(7,8)9)16-23(24(20)21)36-37(33,34)27(28,29)30/h10-12,15-19H,1-9H3,(H,31,32). The lowest BCUT2D eigenvalue weighted by atomic mass is 10.0. The van der Waals surface area contributed by atoms with E-state index in [0.717, 1.165) is 6.07 Å². The number of amides is 1. The molecule has 1 amide bonds. The first kappa shape index (κ1) is 31.5. The number of ether oxygens (including phenoxy) is 1. The van der Waals surface area contributed by atoms with E-state index < -0.39 is 41.1 Å². The molecule has 2 aromatic carbocycles. The summed E-state index contributed by atoms with van der Waals surface area (Å²) in [6.45, 7) is 17.7. The van der Waals surface area contributed by atoms with E-state index in [-0.39, 0.29) is 11.1 Å². The maximum atomic E-state index is 13.3. The number of alkyl halides is 3. The summed E-state index contributed by atoms with van der Waals surface area (Å²) < 4.78 is 73.6. The Labute approximate surface area is 224 Å². The molecule has 2 rings (SSSR count). The average molecular weight is 572 g/mol. The molecule has 0 radical (unpaired) electrons. The Hall–Kier alpha value is -2.71. The second kappa shape index (κ2) is 11.2. The zero-order chi connectivity index (χ0) is 29.3. The van der Waals surface area contributed by atoms with E-state index in [4.69, 9.17) is 4.74 Å². The van der Waals surface area contributed by atoms with Crippen molar-refractivity contribution in [2.75, 3.05) is 5.32 Å². The van der Waals surface area contributed by atoms with E-state index in [2.05, 4.69) is 62.5 Å². The molecular formula is C27H36F3NO5SSi. The third-order valence-corrected chi connectivity index (χ3v) is 13.6. The fourth-order valence-corrected chi connectivity index (χ4v) is 10.5. The number of carbonyl (C=O) groups is 1. The monoisotopic (exact) mass is 571 g/mol. The van der Waals surface area contributed by atoms with E-state index in [1.165, 1.54) is 6.07 Å². The van der Waals surface area contributed by atoms with Crippen molar-refractivity contribution < 1.29 is 35.3 Å². The van der Waals surface area contributed by atoms with E-state index >= 15 is 0 Å². The largest absolute Gasteiger partial charge is 0.534 e. The molecule has 2 aromatic rings. The van der Waals surface area contributed by atoms with Crippen LogP contribution in [0, 0.1) is 11.5 Å². The Morgan fingerprint density at radius 3 is 2.00 bits per heavy atom. The first-order chi connectivity index (χ1) is 17.2. The van der Waals surface area contributed by atoms with Crippen molar-refractivity contribution in [1.29, 1.82) is 0 Å². The summed E-state index contributed by atoms with van der Waals surface area (Å²) in [5, 5.41) is 2.87. The molecule has 0 unspecified atom stereocenters. The molecule has 0 fully saturated rings. The highest BCUT2D eigenvalue weighted by Gasteiger charge is 2.49. The number of anilines is 1. The van der Waals surface area contributed by atoms with Crippen LogP contribution in [0.2, 0.25) is 16.6 Å². The van der Waals surface area contributed by atoms with Gasteiger partial charge in [0.2, 0.25) is 0 Å². The van der Waals surface area contributed by atoms with Gasteiger partial charge in [-0.3, -0.25) is 5.32 Å². The van der Waals surface area contributed by atoms with Gasteiger partial charge in [-0.2, -0.15) is 21.6 Å². The molecule has 0 aliphatic carbocycles. The molecule has 0 saturated heterocycles. The molecule has 11 heteroatoms. The number of hydrogen-bond acceptors (Lipinski definition) is 5. The quantitative estimate of drug-likeness (QED) is 0.165. The molecule has 0 atom stereocenters. The fraction of sp³-hybridized carbons (Fsp3) is 0.519. The Balaban J connectivity index is 2.82. The second-order valence-corrected chi connectivity index (χ2v) is 18.3. The van der Waals surface area contributed by atoms with Gasteiger partial charge in [-0.05, 0) is 54.9 Å². The van der Waals surface area contributed by atoms with Crippen LogP contribution >= 0.6 is 0 Å². The number of fused-ring (bicyclic) bond motifs is 1. The number of halogens is 3. The van der Waals surface area contributed by atoms with Crippen molar-refractivity contribution in [1.82, 2.24) is 0 Å². The number of nitrogens with one attached hydrogen (secondary N) is 1. The van der Waals surface area contributed by atoms with Crippen LogP contribution in [0.3, 0.4) is 0 Å². The van der Waals surface area contributed by atoms with Gasteiger partial charge in [-0.25, -0.2) is 4.79 Å². The third kappa shape index (κ3) is 7.02. The van der Waals surface area contributed by atoms with Gasteiger partial charge in [0.15, 0.2) is 5.75 Å². The predicted octanol–water partition coefficient (Wildman–Crippen LogP) is 7.98. The summed E-state index contributed by atoms with van der Waals surface area (Å²) in [4.78, 5) is 12.3. The Bertz CT molecular complexity index is 1330. The van der Waals surface area contributed by atoms with Crippen LogP contribution < -0.4 is 9.50 Å². The highest BCUT2D eigenvalue weighted by Crippen LogP contribution is 2.41. The minimum Gasteiger partial charge on any atom is -0.444 e. The molecule has 0 aliphatic rings. The summed E-state index contributed by atoms with van der Waals surface area (Å²) >= 11 is 0. The Kier molecular flexibility index (Phi) is 9.27. The number of rotatable bonds is 6. The molecule has 0 aliphatic heterocycles. The smallest absolute Gasteiger partial charge is 0.444 e. The van der Waals surface area contributed by atoms with Gasteiger partial charge in [-0.15, -0.1) is 5.54 Å². The molecule has 0 spiro atoms. The SMILES string of the molecule is CC(C)[Si](C#Cc1cccc2cc(NC(=O)OC(C)(C)C)cc(OS(=O)(=O)C(F)(F)F)c12)(C(C)C)C(C)C. The van der Waals surface area contributed by atoms with Crippen molar-refractivity contribution in [2.24, 2.45) is 0 Å². The molecule has 0 heterocycles. The summed E-state index contributed by atoms with van der Waals surface area (Å²) in [5.74, 6) is 2.58. The number of carbonyl (C=O) groups excluding carboxylic acids is 1. The van der Waals surface area contributed by atoms with Gasteiger partial charge in [0.05, 0.1) is 0 Å². The van der Waals surface area contributed by atoms with Gasteiger partial charge >= 0.3 is 21.7 Å². The maximum absolute atomic E-state index is 13.3. The van der Waals surface area contributed by atoms with Crippen LogP contribution in [0.5, 0.6) is 5.75 Å². The van der Waals surface area contributed by atoms with Gasteiger partial charge in [0, 0.05) is 22.7 Å². The van der Waals surface area contributed by atoms with Crippen molar-refractivity contribution in [3.8, 4) is 17.2 Å². The molecule has 0 saturated carbocycles. The molecule has 1 N–H and O–H groups in total. The van der Waals surface area contributed by atoms with Crippen molar-refractivity contribution in [3.05, 3.63) is 35.9 Å². The number of hydrogen-bond donors (Lipinski definition) is 1. The normalized spacial score (nSPS) is 13.0. The lowest BCUT2D eigenvalue weighted by Crippen LogP contribution is -2.43. The minimum atomic E-state index is -6.00. The molecule has 210 valence electrons. The maximum Gasteiger partial charge on any atom is 0.534 e. The lowest BCUT2D eigenvalue weighted by Gasteiger charge is -2.38. The zero-order valence-corrected chi connectivity index (χ0v) is 25.0. The van der Waals surface area contributed by atoms with Crippen LogP contribution in [-0.2, 0) is 14.9 Å². The zero-order valence-electron chi connectivity index (χ0n) is 23.2. The first-order valence-corrected chi connectivity index (χ1v) is 16.0. The summed E-state index contributed by atoms with van der Waals surface area (Å²) in [6, 6.07) is 7.37. The molecular weight excluding hydrogens is 535 g/mol. The van der Waals surface area contributed by atoms with Crippen molar-refractivity contribution in [2.45, 2.75) is 90.0 Å². The first-order valence-electron chi connectivity index (χ1n) is 12.3. The van der Waals surface area contributed by atoms with Gasteiger partial charge < -0.3 is 8.92 Å². The van der Waals surface area contributed by atoms with Crippen LogP contribution in [0.15, 0.2) is 30.3 Å². The van der Waals surface area contributed by atoms with Crippen molar-refractivity contribution in [3.63, 3.8) is 0 Å². The summed E-state index contributed by atoms with van der Waals surface area (Å²) in [5.41, 5.74) is -1.74. The predicted molar refractivity (Wildman–Crippen MR) is 147 cm³/mol. The molecule has 6 nitrogen and oxygen atoms in total. The third-order valence-electron chi connectivity index (χ3n) is 6.35. The van der Waals surface area contributed by atoms with E-state index in [0.29, 0.717) is 27.6 Å². The van der Waals surface area contributed by atoms with Crippen LogP contribution in [0.25, 0.3) is 10.8 Å². The van der Waals surface area contributed by atoms with Gasteiger partial charge in [-0.1, -0.05) is 59.6 Å². The Morgan fingerprint density at radius 1 is 0.974 bits per heavy atom. The Morgan fingerprint density at radius 2 is 1.53 bits per heavy atom. The summed E-state index contributed by atoms with van der Waals surface area (Å²) in [6.07, 6.45) is -0.862. The van der Waals surface area contributed by atoms with Gasteiger partial charge in [0.25, 0.3) is 0 Å². The molecule has 0 aromatic heterocycles. The average Bonchev–Trinajstić information content (AvgIpc) is 2.70. The second-order valence-electron chi connectivity index (χ2n) is 11.1. The minimum absolute atomic E-state index is 0.000466. The molecule has 38 heavy (non-hydrogen) atoms. The van der Waals surface area contributed by atoms with Crippen LogP contribution in [0.4, 0.5) is 23.7 Å². The van der Waals surface area contributed by atoms with Gasteiger partial charge in [0.1, 0.15) is 13.7 Å². The highest BCUT2D eigenvalue weighted by molar-refractivity contribution is 7.88. The van der Waals surface area contributed by atoms with Crippen molar-refractivity contribution >= 4 is 40.7 Å². The molecule has 0 bridgehead atoms. The van der Waals surface area contributed by atoms with Crippen LogP contribution in [-0.4, -0.2) is 33.7 Å². The van der Waals surface area contributed by atoms with Crippen LogP contribution in [0.1, 0.15) is 67.9 Å². The lowest BCUT2D eigenvalue weighted by molar-refractivity contribution is -0.0499. The van der Waals surface area contributed by atoms with E-state index in [1.54, 1.807) is 39.0 Å². The summed E-state index contributed by atoms with van der Waals surface area (Å²) in [7, 11) is -8.22. The highest BCUT2D eigenvalue weighted by atomic mass is 32.2. The fourth-order valence-electron chi connectivity index (χ4n) is 4.83. The van der Waals surface area contributed by atoms with E-state index in [1.807, 2.05) is 0 Å². The van der Waals surface area contributed by atoms with E-state index in [9.17, 15) is 26.4 Å².